The van der Waals surface area contributed by atoms with Gasteiger partial charge in [0.1, 0.15) is 5.75 Å². The maximum Gasteiger partial charge on any atom is 0.180 e. The molecule has 0 fully saturated rings. The first-order valence-corrected chi connectivity index (χ1v) is 7.00. The SMILES string of the molecule is COc1ccccc1C(=O)CN(C)Cc1ccc(C)cc1. The third-order valence-electron chi connectivity index (χ3n) is 3.39. The molecule has 0 aliphatic rings. The van der Waals surface area contributed by atoms with Crippen molar-refractivity contribution in [2.45, 2.75) is 13.5 Å². The van der Waals surface area contributed by atoms with Crippen LogP contribution in [0.2, 0.25) is 0 Å². The molecule has 0 aromatic heterocycles. The molecule has 0 saturated carbocycles. The van der Waals surface area contributed by atoms with Crippen LogP contribution in [0.15, 0.2) is 48.5 Å². The predicted molar refractivity (Wildman–Crippen MR) is 84.8 cm³/mol. The van der Waals surface area contributed by atoms with Crippen molar-refractivity contribution >= 4 is 5.78 Å². The van der Waals surface area contributed by atoms with Crippen molar-refractivity contribution < 1.29 is 9.53 Å². The molecule has 3 nitrogen and oxygen atoms in total. The molecule has 0 heterocycles. The minimum atomic E-state index is 0.0714. The fourth-order valence-corrected chi connectivity index (χ4v) is 2.27. The number of para-hydroxylation sites is 1. The molecule has 0 atom stereocenters. The molecular weight excluding hydrogens is 262 g/mol. The topological polar surface area (TPSA) is 29.5 Å². The van der Waals surface area contributed by atoms with Crippen LogP contribution in [0, 0.1) is 6.92 Å². The summed E-state index contributed by atoms with van der Waals surface area (Å²) in [6.07, 6.45) is 0. The number of ketones is 1. The van der Waals surface area contributed by atoms with Gasteiger partial charge in [-0.3, -0.25) is 9.69 Å². The summed E-state index contributed by atoms with van der Waals surface area (Å²) in [4.78, 5) is 14.4. The van der Waals surface area contributed by atoms with Crippen LogP contribution in [0.3, 0.4) is 0 Å². The summed E-state index contributed by atoms with van der Waals surface area (Å²) in [5.41, 5.74) is 3.08. The zero-order valence-corrected chi connectivity index (χ0v) is 12.8. The van der Waals surface area contributed by atoms with Gasteiger partial charge in [-0.2, -0.15) is 0 Å². The lowest BCUT2D eigenvalue weighted by Gasteiger charge is -2.17. The third-order valence-corrected chi connectivity index (χ3v) is 3.39. The summed E-state index contributed by atoms with van der Waals surface area (Å²) in [6.45, 7) is 3.19. The Balaban J connectivity index is 2.00. The number of aryl methyl sites for hydroxylation is 1. The Kier molecular flexibility index (Phi) is 5.12. The Morgan fingerprint density at radius 1 is 1.10 bits per heavy atom. The summed E-state index contributed by atoms with van der Waals surface area (Å²) in [5, 5.41) is 0. The van der Waals surface area contributed by atoms with E-state index in [-0.39, 0.29) is 5.78 Å². The van der Waals surface area contributed by atoms with Gasteiger partial charge in [-0.25, -0.2) is 0 Å². The summed E-state index contributed by atoms with van der Waals surface area (Å²) in [5.74, 6) is 0.702. The summed E-state index contributed by atoms with van der Waals surface area (Å²) in [6, 6.07) is 15.7. The Labute approximate surface area is 126 Å². The van der Waals surface area contributed by atoms with Gasteiger partial charge in [0.15, 0.2) is 5.78 Å². The molecule has 0 N–H and O–H groups in total. The zero-order chi connectivity index (χ0) is 15.2. The molecule has 2 rings (SSSR count). The Morgan fingerprint density at radius 2 is 1.76 bits per heavy atom. The molecule has 2 aromatic carbocycles. The highest BCUT2D eigenvalue weighted by Gasteiger charge is 2.13. The van der Waals surface area contributed by atoms with Crippen LogP contribution in [-0.2, 0) is 6.54 Å². The number of rotatable bonds is 6. The number of nitrogens with zero attached hydrogens (tertiary/aromatic N) is 1. The lowest BCUT2D eigenvalue weighted by atomic mass is 10.1. The van der Waals surface area contributed by atoms with Crippen LogP contribution in [0.1, 0.15) is 21.5 Å². The maximum atomic E-state index is 12.4. The lowest BCUT2D eigenvalue weighted by Crippen LogP contribution is -2.25. The molecule has 3 heteroatoms. The van der Waals surface area contributed by atoms with Crippen molar-refractivity contribution in [3.63, 3.8) is 0 Å². The normalized spacial score (nSPS) is 10.7. The van der Waals surface area contributed by atoms with Crippen molar-refractivity contribution in [1.29, 1.82) is 0 Å². The molecule has 0 spiro atoms. The van der Waals surface area contributed by atoms with E-state index in [0.717, 1.165) is 6.54 Å². The first-order valence-electron chi connectivity index (χ1n) is 7.00. The second kappa shape index (κ2) is 7.04. The van der Waals surface area contributed by atoms with Gasteiger partial charge >= 0.3 is 0 Å². The Bertz CT molecular complexity index is 605. The van der Waals surface area contributed by atoms with E-state index in [4.69, 9.17) is 4.74 Å². The van der Waals surface area contributed by atoms with Gasteiger partial charge in [-0.1, -0.05) is 42.0 Å². The van der Waals surface area contributed by atoms with Crippen molar-refractivity contribution in [2.24, 2.45) is 0 Å². The van der Waals surface area contributed by atoms with Gasteiger partial charge in [0, 0.05) is 6.54 Å². The number of Topliss-reactive ketones (excluding diaryl/α,β-unsaturated/α-hetero) is 1. The number of carbonyl (C=O) groups excluding carboxylic acids is 1. The van der Waals surface area contributed by atoms with E-state index in [2.05, 4.69) is 31.2 Å². The molecule has 0 unspecified atom stereocenters. The Morgan fingerprint density at radius 3 is 2.43 bits per heavy atom. The van der Waals surface area contributed by atoms with Crippen LogP contribution < -0.4 is 4.74 Å². The number of likely N-dealkylation sites (N-methyl/N-ethyl adjacent to an activating group) is 1. The first-order chi connectivity index (χ1) is 10.1. The van der Waals surface area contributed by atoms with Crippen LogP contribution in [0.4, 0.5) is 0 Å². The van der Waals surface area contributed by atoms with E-state index in [1.165, 1.54) is 11.1 Å². The average molecular weight is 283 g/mol. The summed E-state index contributed by atoms with van der Waals surface area (Å²) >= 11 is 0. The number of carbonyl (C=O) groups is 1. The van der Waals surface area contributed by atoms with Crippen LogP contribution in [-0.4, -0.2) is 31.4 Å². The molecule has 21 heavy (non-hydrogen) atoms. The van der Waals surface area contributed by atoms with E-state index in [0.29, 0.717) is 17.9 Å². The monoisotopic (exact) mass is 283 g/mol. The van der Waals surface area contributed by atoms with Crippen molar-refractivity contribution in [3.05, 3.63) is 65.2 Å². The van der Waals surface area contributed by atoms with E-state index >= 15 is 0 Å². The predicted octanol–water partition coefficient (Wildman–Crippen LogP) is 3.32. The minimum absolute atomic E-state index is 0.0714. The molecule has 0 bridgehead atoms. The third kappa shape index (κ3) is 4.17. The lowest BCUT2D eigenvalue weighted by molar-refractivity contribution is 0.0940. The average Bonchev–Trinajstić information content (AvgIpc) is 2.49. The number of methoxy groups -OCH3 is 1. The smallest absolute Gasteiger partial charge is 0.180 e. The standard InChI is InChI=1S/C18H21NO2/c1-14-8-10-15(11-9-14)12-19(2)13-17(20)16-6-4-5-7-18(16)21-3/h4-11H,12-13H2,1-3H3. The highest BCUT2D eigenvalue weighted by Crippen LogP contribution is 2.18. The molecule has 0 aliphatic carbocycles. The highest BCUT2D eigenvalue weighted by atomic mass is 16.5. The largest absolute Gasteiger partial charge is 0.496 e. The van der Waals surface area contributed by atoms with E-state index in [1.807, 2.05) is 30.1 Å². The minimum Gasteiger partial charge on any atom is -0.496 e. The molecular formula is C18H21NO2. The highest BCUT2D eigenvalue weighted by molar-refractivity contribution is 6.00. The van der Waals surface area contributed by atoms with Crippen molar-refractivity contribution in [3.8, 4) is 5.75 Å². The molecule has 0 aliphatic heterocycles. The van der Waals surface area contributed by atoms with Crippen molar-refractivity contribution in [1.82, 2.24) is 4.90 Å². The molecule has 0 amide bonds. The van der Waals surface area contributed by atoms with Gasteiger partial charge in [0.25, 0.3) is 0 Å². The zero-order valence-electron chi connectivity index (χ0n) is 12.8. The van der Waals surface area contributed by atoms with Crippen LogP contribution in [0.25, 0.3) is 0 Å². The van der Waals surface area contributed by atoms with Gasteiger partial charge in [0.2, 0.25) is 0 Å². The first kappa shape index (κ1) is 15.3. The fourth-order valence-electron chi connectivity index (χ4n) is 2.27. The molecule has 0 radical (unpaired) electrons. The number of hydrogen-bond acceptors (Lipinski definition) is 3. The van der Waals surface area contributed by atoms with Gasteiger partial charge < -0.3 is 4.74 Å². The van der Waals surface area contributed by atoms with Crippen molar-refractivity contribution in [2.75, 3.05) is 20.7 Å². The fraction of sp³-hybridized carbons (Fsp3) is 0.278. The van der Waals surface area contributed by atoms with Gasteiger partial charge in [-0.05, 0) is 31.7 Å². The van der Waals surface area contributed by atoms with Crippen LogP contribution >= 0.6 is 0 Å². The molecule has 2 aromatic rings. The summed E-state index contributed by atoms with van der Waals surface area (Å²) in [7, 11) is 3.54. The van der Waals surface area contributed by atoms with Crippen LogP contribution in [0.5, 0.6) is 5.75 Å². The number of benzene rings is 2. The second-order valence-electron chi connectivity index (χ2n) is 5.28. The summed E-state index contributed by atoms with van der Waals surface area (Å²) < 4.78 is 5.24. The van der Waals surface area contributed by atoms with Gasteiger partial charge in [0.05, 0.1) is 19.2 Å². The maximum absolute atomic E-state index is 12.4. The molecule has 110 valence electrons. The quantitative estimate of drug-likeness (QED) is 0.762. The second-order valence-corrected chi connectivity index (χ2v) is 5.28. The number of ether oxygens (including phenoxy) is 1. The number of hydrogen-bond donors (Lipinski definition) is 0. The van der Waals surface area contributed by atoms with E-state index in [9.17, 15) is 4.79 Å². The Hall–Kier alpha value is -2.13. The van der Waals surface area contributed by atoms with E-state index in [1.54, 1.807) is 13.2 Å². The molecule has 0 saturated heterocycles. The van der Waals surface area contributed by atoms with Gasteiger partial charge in [-0.15, -0.1) is 0 Å². The van der Waals surface area contributed by atoms with E-state index < -0.39 is 0 Å².